The fourth-order valence-electron chi connectivity index (χ4n) is 8.88. The zero-order valence-corrected chi connectivity index (χ0v) is 28.8. The molecule has 0 amide bonds. The summed E-state index contributed by atoms with van der Waals surface area (Å²) in [6.07, 6.45) is 0. The van der Waals surface area contributed by atoms with E-state index in [0.717, 1.165) is 5.69 Å². The van der Waals surface area contributed by atoms with E-state index in [1.165, 1.54) is 97.0 Å². The number of benzene rings is 8. The molecule has 0 N–H and O–H groups in total. The summed E-state index contributed by atoms with van der Waals surface area (Å²) in [7, 11) is 0. The van der Waals surface area contributed by atoms with Crippen molar-refractivity contribution in [3.05, 3.63) is 176 Å². The summed E-state index contributed by atoms with van der Waals surface area (Å²) < 4.78 is 9.96. The fourth-order valence-corrected chi connectivity index (χ4v) is 9.97. The van der Waals surface area contributed by atoms with Crippen molar-refractivity contribution in [3.63, 3.8) is 0 Å². The van der Waals surface area contributed by atoms with Gasteiger partial charge in [0.05, 0.1) is 33.1 Å². The molecule has 0 bridgehead atoms. The summed E-state index contributed by atoms with van der Waals surface area (Å²) in [6.45, 7) is 0. The number of rotatable bonds is 3. The third kappa shape index (κ3) is 3.74. The van der Waals surface area contributed by atoms with Gasteiger partial charge in [-0.25, -0.2) is 0 Å². The van der Waals surface area contributed by atoms with Crippen molar-refractivity contribution < 1.29 is 0 Å². The summed E-state index contributed by atoms with van der Waals surface area (Å²) >= 11 is 1.87. The Morgan fingerprint density at radius 1 is 0.269 bits per heavy atom. The van der Waals surface area contributed by atoms with Gasteiger partial charge in [0.2, 0.25) is 0 Å². The Bertz CT molecular complexity index is 3410. The minimum atomic E-state index is 1.16. The van der Waals surface area contributed by atoms with E-state index in [4.69, 9.17) is 0 Å². The highest BCUT2D eigenvalue weighted by Crippen LogP contribution is 2.44. The molecule has 12 aromatic rings. The van der Waals surface area contributed by atoms with Crippen LogP contribution in [0.4, 0.5) is 0 Å². The van der Waals surface area contributed by atoms with Crippen LogP contribution in [0.25, 0.3) is 103 Å². The molecule has 3 nitrogen and oxygen atoms in total. The molecule has 4 heterocycles. The van der Waals surface area contributed by atoms with E-state index in [1.54, 1.807) is 0 Å². The van der Waals surface area contributed by atoms with Crippen LogP contribution in [0.1, 0.15) is 0 Å². The van der Waals surface area contributed by atoms with Crippen molar-refractivity contribution in [2.75, 3.05) is 0 Å². The van der Waals surface area contributed by atoms with Gasteiger partial charge < -0.3 is 13.7 Å². The Labute approximate surface area is 302 Å². The second kappa shape index (κ2) is 10.5. The molecule has 0 aliphatic carbocycles. The van der Waals surface area contributed by atoms with Crippen LogP contribution in [-0.4, -0.2) is 13.7 Å². The van der Waals surface area contributed by atoms with Crippen LogP contribution in [0.2, 0.25) is 0 Å². The first kappa shape index (κ1) is 28.1. The molecule has 12 rings (SSSR count). The van der Waals surface area contributed by atoms with E-state index in [-0.39, 0.29) is 0 Å². The largest absolute Gasteiger partial charge is 0.309 e. The van der Waals surface area contributed by atoms with Crippen LogP contribution < -0.4 is 0 Å². The maximum Gasteiger partial charge on any atom is 0.0548 e. The van der Waals surface area contributed by atoms with E-state index in [9.17, 15) is 0 Å². The van der Waals surface area contributed by atoms with Crippen LogP contribution in [0.5, 0.6) is 0 Å². The quantitative estimate of drug-likeness (QED) is 0.177. The first-order chi connectivity index (χ1) is 25.8. The highest BCUT2D eigenvalue weighted by Gasteiger charge is 2.21. The van der Waals surface area contributed by atoms with Gasteiger partial charge in [0.1, 0.15) is 0 Å². The van der Waals surface area contributed by atoms with Crippen LogP contribution >= 0.6 is 11.3 Å². The monoisotopic (exact) mass is 679 g/mol. The number of hydrogen-bond donors (Lipinski definition) is 0. The Kier molecular flexibility index (Phi) is 5.65. The molecule has 0 aliphatic rings. The molecular weight excluding hydrogens is 651 g/mol. The van der Waals surface area contributed by atoms with Gasteiger partial charge in [0.15, 0.2) is 0 Å². The number of aromatic nitrogens is 3. The first-order valence-corrected chi connectivity index (χ1v) is 18.6. The molecule has 8 aromatic carbocycles. The van der Waals surface area contributed by atoms with E-state index in [0.29, 0.717) is 0 Å². The number of nitrogens with zero attached hydrogens (tertiary/aromatic N) is 3. The average molecular weight is 680 g/mol. The number of hydrogen-bond acceptors (Lipinski definition) is 1. The Balaban J connectivity index is 1.16. The third-order valence-corrected chi connectivity index (χ3v) is 12.2. The van der Waals surface area contributed by atoms with Crippen LogP contribution in [0, 0.1) is 0 Å². The van der Waals surface area contributed by atoms with Gasteiger partial charge in [-0.3, -0.25) is 0 Å². The maximum atomic E-state index is 2.47. The van der Waals surface area contributed by atoms with Crippen molar-refractivity contribution >= 4 is 96.9 Å². The number of fused-ring (bicyclic) bond motifs is 13. The van der Waals surface area contributed by atoms with E-state index in [1.807, 2.05) is 11.3 Å². The highest BCUT2D eigenvalue weighted by molar-refractivity contribution is 7.25. The topological polar surface area (TPSA) is 14.8 Å². The highest BCUT2D eigenvalue weighted by atomic mass is 32.1. The molecule has 0 saturated carbocycles. The minimum Gasteiger partial charge on any atom is -0.309 e. The summed E-state index contributed by atoms with van der Waals surface area (Å²) in [5.41, 5.74) is 10.8. The second-order valence-corrected chi connectivity index (χ2v) is 14.8. The lowest BCUT2D eigenvalue weighted by molar-refractivity contribution is 1.16. The van der Waals surface area contributed by atoms with Crippen molar-refractivity contribution in [2.24, 2.45) is 0 Å². The Hall–Kier alpha value is -6.62. The summed E-state index contributed by atoms with van der Waals surface area (Å²) in [5.74, 6) is 0. The Morgan fingerprint density at radius 2 is 0.712 bits per heavy atom. The van der Waals surface area contributed by atoms with Gasteiger partial charge >= 0.3 is 0 Å². The predicted octanol–water partition coefficient (Wildman–Crippen LogP) is 13.3. The number of thiophene rings is 1. The van der Waals surface area contributed by atoms with Crippen LogP contribution in [0.15, 0.2) is 176 Å². The van der Waals surface area contributed by atoms with Crippen molar-refractivity contribution in [1.82, 2.24) is 13.7 Å². The van der Waals surface area contributed by atoms with Crippen LogP contribution in [0.3, 0.4) is 0 Å². The predicted molar refractivity (Wildman–Crippen MR) is 222 cm³/mol. The lowest BCUT2D eigenvalue weighted by Gasteiger charge is -2.11. The smallest absolute Gasteiger partial charge is 0.0548 e. The van der Waals surface area contributed by atoms with Crippen molar-refractivity contribution in [3.8, 4) is 17.1 Å². The average Bonchev–Trinajstić information content (AvgIpc) is 3.94. The van der Waals surface area contributed by atoms with E-state index in [2.05, 4.69) is 190 Å². The standard InChI is InChI=1S/C48H29N3S/c1-2-12-30(13-3-1)49-39-18-8-4-14-33(39)37-28-31(22-24-42(37)49)50-40-19-9-5-16-35(40)47-43(50)25-26-44-48(47)36-17-6-10-20-41(36)51(44)32-23-27-46-38(29-32)34-15-7-11-21-45(34)52-46/h1-29H. The number of para-hydroxylation sites is 4. The molecule has 4 heteroatoms. The third-order valence-electron chi connectivity index (χ3n) is 11.0. The first-order valence-electron chi connectivity index (χ1n) is 17.8. The molecule has 52 heavy (non-hydrogen) atoms. The van der Waals surface area contributed by atoms with Gasteiger partial charge in [-0.05, 0) is 84.9 Å². The molecule has 0 saturated heterocycles. The fraction of sp³-hybridized carbons (Fsp3) is 0. The lowest BCUT2D eigenvalue weighted by atomic mass is 10.1. The Morgan fingerprint density at radius 3 is 1.38 bits per heavy atom. The SMILES string of the molecule is c1ccc(-n2c3ccccc3c3cc(-n4c5ccccc5c5c6c7ccccc7n(-c7ccc8sc9ccccc9c8c7)c6ccc54)ccc32)cc1. The van der Waals surface area contributed by atoms with Crippen molar-refractivity contribution in [2.45, 2.75) is 0 Å². The van der Waals surface area contributed by atoms with Gasteiger partial charge in [0, 0.05) is 69.6 Å². The molecule has 0 fully saturated rings. The zero-order chi connectivity index (χ0) is 33.9. The van der Waals surface area contributed by atoms with Gasteiger partial charge in [0.25, 0.3) is 0 Å². The van der Waals surface area contributed by atoms with Gasteiger partial charge in [-0.2, -0.15) is 0 Å². The van der Waals surface area contributed by atoms with E-state index >= 15 is 0 Å². The zero-order valence-electron chi connectivity index (χ0n) is 28.0. The normalized spacial score (nSPS) is 12.2. The molecule has 0 aliphatic heterocycles. The minimum absolute atomic E-state index is 1.16. The summed E-state index contributed by atoms with van der Waals surface area (Å²) in [5, 5.41) is 10.2. The molecule has 0 radical (unpaired) electrons. The second-order valence-electron chi connectivity index (χ2n) is 13.7. The molecule has 0 unspecified atom stereocenters. The van der Waals surface area contributed by atoms with Crippen LogP contribution in [-0.2, 0) is 0 Å². The molecule has 0 spiro atoms. The van der Waals surface area contributed by atoms with E-state index < -0.39 is 0 Å². The molecule has 4 aromatic heterocycles. The maximum absolute atomic E-state index is 2.47. The lowest BCUT2D eigenvalue weighted by Crippen LogP contribution is -1.96. The van der Waals surface area contributed by atoms with Gasteiger partial charge in [-0.1, -0.05) is 91.0 Å². The summed E-state index contributed by atoms with van der Waals surface area (Å²) in [6, 6.07) is 64.6. The van der Waals surface area contributed by atoms with Gasteiger partial charge in [-0.15, -0.1) is 11.3 Å². The summed E-state index contributed by atoms with van der Waals surface area (Å²) in [4.78, 5) is 0. The molecular formula is C48H29N3S. The van der Waals surface area contributed by atoms with Crippen molar-refractivity contribution in [1.29, 1.82) is 0 Å². The molecule has 242 valence electrons. The molecule has 0 atom stereocenters.